The monoisotopic (exact) mass is 465 g/mol. The zero-order valence-corrected chi connectivity index (χ0v) is 18.0. The van der Waals surface area contributed by atoms with Crippen molar-refractivity contribution in [1.29, 1.82) is 0 Å². The van der Waals surface area contributed by atoms with E-state index in [1.807, 2.05) is 36.4 Å². The van der Waals surface area contributed by atoms with E-state index >= 15 is 0 Å². The highest BCUT2D eigenvalue weighted by Gasteiger charge is 2.75. The Kier molecular flexibility index (Phi) is 3.66. The maximum absolute atomic E-state index is 13.9. The van der Waals surface area contributed by atoms with E-state index in [0.29, 0.717) is 5.69 Å². The maximum atomic E-state index is 13.9. The van der Waals surface area contributed by atoms with Crippen LogP contribution in [0.3, 0.4) is 0 Å². The molecule has 0 bridgehead atoms. The molecule has 6 rings (SSSR count). The zero-order chi connectivity index (χ0) is 20.8. The molecule has 152 valence electrons. The van der Waals surface area contributed by atoms with Crippen molar-refractivity contribution in [1.82, 2.24) is 4.90 Å². The largest absolute Gasteiger partial charge is 0.313 e. The van der Waals surface area contributed by atoms with E-state index < -0.39 is 17.4 Å². The molecule has 2 aromatic rings. The van der Waals surface area contributed by atoms with Gasteiger partial charge in [0, 0.05) is 28.8 Å². The van der Waals surface area contributed by atoms with Crippen molar-refractivity contribution in [3.8, 4) is 0 Å². The van der Waals surface area contributed by atoms with Crippen LogP contribution in [0.25, 0.3) is 0 Å². The van der Waals surface area contributed by atoms with Crippen LogP contribution < -0.4 is 9.80 Å². The molecule has 4 atom stereocenters. The van der Waals surface area contributed by atoms with Gasteiger partial charge in [0.25, 0.3) is 5.91 Å². The number of hydrogen-bond acceptors (Lipinski definition) is 4. The average molecular weight is 466 g/mol. The molecule has 1 spiro atoms. The van der Waals surface area contributed by atoms with Crippen LogP contribution in [0.1, 0.15) is 18.4 Å². The van der Waals surface area contributed by atoms with Gasteiger partial charge in [-0.15, -0.1) is 0 Å². The fourth-order valence-electron chi connectivity index (χ4n) is 6.32. The molecular formula is C23H20BrN3O3. The normalized spacial score (nSPS) is 32.3. The lowest BCUT2D eigenvalue weighted by molar-refractivity contribution is -0.136. The third kappa shape index (κ3) is 1.95. The molecule has 4 aliphatic rings. The number of nitrogens with zero attached hydrogens (tertiary/aromatic N) is 3. The Morgan fingerprint density at radius 2 is 1.83 bits per heavy atom. The zero-order valence-electron chi connectivity index (χ0n) is 16.4. The lowest BCUT2D eigenvalue weighted by atomic mass is 9.75. The predicted octanol–water partition coefficient (Wildman–Crippen LogP) is 2.90. The van der Waals surface area contributed by atoms with Gasteiger partial charge >= 0.3 is 0 Å². The number of benzene rings is 2. The summed E-state index contributed by atoms with van der Waals surface area (Å²) >= 11 is 3.44. The van der Waals surface area contributed by atoms with E-state index in [-0.39, 0.29) is 23.8 Å². The van der Waals surface area contributed by atoms with Gasteiger partial charge in [-0.25, -0.2) is 4.90 Å². The summed E-state index contributed by atoms with van der Waals surface area (Å²) < 4.78 is 0.803. The topological polar surface area (TPSA) is 60.9 Å². The predicted molar refractivity (Wildman–Crippen MR) is 115 cm³/mol. The summed E-state index contributed by atoms with van der Waals surface area (Å²) in [6, 6.07) is 14.8. The Bertz CT molecular complexity index is 1130. The molecule has 0 aromatic heterocycles. The molecule has 3 saturated heterocycles. The number of carbonyl (C=O) groups is 3. The minimum Gasteiger partial charge on any atom is -0.313 e. The molecule has 4 aliphatic heterocycles. The van der Waals surface area contributed by atoms with Gasteiger partial charge in [0.1, 0.15) is 5.54 Å². The minimum absolute atomic E-state index is 0.0906. The molecule has 0 aliphatic carbocycles. The number of carbonyl (C=O) groups excluding carboxylic acids is 3. The molecule has 0 radical (unpaired) electrons. The van der Waals surface area contributed by atoms with Crippen LogP contribution >= 0.6 is 15.9 Å². The minimum atomic E-state index is -1.09. The average Bonchev–Trinajstić information content (AvgIpc) is 3.43. The number of amides is 3. The Balaban J connectivity index is 1.58. The number of para-hydroxylation sites is 1. The van der Waals surface area contributed by atoms with Crippen LogP contribution in [-0.2, 0) is 19.9 Å². The van der Waals surface area contributed by atoms with Crippen molar-refractivity contribution in [3.63, 3.8) is 0 Å². The summed E-state index contributed by atoms with van der Waals surface area (Å²) in [5, 5.41) is 0. The van der Waals surface area contributed by atoms with Crippen molar-refractivity contribution in [2.45, 2.75) is 24.4 Å². The Labute approximate surface area is 182 Å². The van der Waals surface area contributed by atoms with Crippen LogP contribution in [0.5, 0.6) is 0 Å². The number of halogens is 1. The molecule has 3 amide bonds. The third-order valence-corrected chi connectivity index (χ3v) is 7.83. The SMILES string of the molecule is CN1C(=O)C2(c3ccccc31)C1C(=O)N(c3cccc(Br)c3)C(=O)C1C1CCCN12. The summed E-state index contributed by atoms with van der Waals surface area (Å²) in [7, 11) is 1.77. The maximum Gasteiger partial charge on any atom is 0.252 e. The van der Waals surface area contributed by atoms with E-state index in [1.54, 1.807) is 24.1 Å². The van der Waals surface area contributed by atoms with E-state index in [0.717, 1.165) is 35.1 Å². The second-order valence-electron chi connectivity index (χ2n) is 8.55. The second kappa shape index (κ2) is 6.02. The molecule has 3 fully saturated rings. The van der Waals surface area contributed by atoms with Gasteiger partial charge in [0.2, 0.25) is 11.8 Å². The fraction of sp³-hybridized carbons (Fsp3) is 0.348. The molecule has 30 heavy (non-hydrogen) atoms. The second-order valence-corrected chi connectivity index (χ2v) is 9.46. The summed E-state index contributed by atoms with van der Waals surface area (Å²) in [6.07, 6.45) is 1.75. The number of imide groups is 1. The summed E-state index contributed by atoms with van der Waals surface area (Å²) in [4.78, 5) is 46.4. The summed E-state index contributed by atoms with van der Waals surface area (Å²) in [6.45, 7) is 0.725. The fourth-order valence-corrected chi connectivity index (χ4v) is 6.70. The van der Waals surface area contributed by atoms with Crippen molar-refractivity contribution in [3.05, 3.63) is 58.6 Å². The van der Waals surface area contributed by atoms with E-state index in [2.05, 4.69) is 20.8 Å². The smallest absolute Gasteiger partial charge is 0.252 e. The van der Waals surface area contributed by atoms with E-state index in [9.17, 15) is 14.4 Å². The van der Waals surface area contributed by atoms with Gasteiger partial charge in [-0.05, 0) is 43.7 Å². The van der Waals surface area contributed by atoms with Gasteiger partial charge in [0.15, 0.2) is 0 Å². The van der Waals surface area contributed by atoms with Gasteiger partial charge in [-0.1, -0.05) is 40.2 Å². The molecule has 4 heterocycles. The van der Waals surface area contributed by atoms with E-state index in [1.165, 1.54) is 4.90 Å². The van der Waals surface area contributed by atoms with Crippen molar-refractivity contribution in [2.24, 2.45) is 11.8 Å². The van der Waals surface area contributed by atoms with Crippen LogP contribution in [0.15, 0.2) is 53.0 Å². The van der Waals surface area contributed by atoms with E-state index in [4.69, 9.17) is 0 Å². The number of anilines is 2. The molecular weight excluding hydrogens is 446 g/mol. The molecule has 6 nitrogen and oxygen atoms in total. The molecule has 0 saturated carbocycles. The number of rotatable bonds is 1. The number of fused-ring (bicyclic) bond motifs is 7. The molecule has 0 N–H and O–H groups in total. The standard InChI is InChI=1S/C23H20BrN3O3/c1-25-16-9-3-2-8-15(16)23(22(25)30)19-18(17-10-5-11-26(17)23)20(28)27(21(19)29)14-7-4-6-13(24)12-14/h2-4,6-9,12,17-19H,5,10-11H2,1H3. The van der Waals surface area contributed by atoms with Crippen LogP contribution in [0.2, 0.25) is 0 Å². The van der Waals surface area contributed by atoms with Gasteiger partial charge in [-0.3, -0.25) is 19.3 Å². The third-order valence-electron chi connectivity index (χ3n) is 7.34. The van der Waals surface area contributed by atoms with Gasteiger partial charge in [-0.2, -0.15) is 0 Å². The van der Waals surface area contributed by atoms with Crippen LogP contribution in [0, 0.1) is 11.8 Å². The lowest BCUT2D eigenvalue weighted by Crippen LogP contribution is -2.55. The Morgan fingerprint density at radius 1 is 1.03 bits per heavy atom. The van der Waals surface area contributed by atoms with Crippen LogP contribution in [0.4, 0.5) is 11.4 Å². The quantitative estimate of drug-likeness (QED) is 0.607. The van der Waals surface area contributed by atoms with Gasteiger partial charge < -0.3 is 4.90 Å². The van der Waals surface area contributed by atoms with Gasteiger partial charge in [0.05, 0.1) is 17.5 Å². The Hall–Kier alpha value is -2.51. The first-order valence-corrected chi connectivity index (χ1v) is 11.0. The van der Waals surface area contributed by atoms with Crippen molar-refractivity contribution in [2.75, 3.05) is 23.4 Å². The first kappa shape index (κ1) is 18.3. The lowest BCUT2D eigenvalue weighted by Gasteiger charge is -2.37. The van der Waals surface area contributed by atoms with Crippen molar-refractivity contribution < 1.29 is 14.4 Å². The highest BCUT2D eigenvalue weighted by molar-refractivity contribution is 9.10. The number of hydrogen-bond donors (Lipinski definition) is 0. The highest BCUT2D eigenvalue weighted by Crippen LogP contribution is 2.61. The summed E-state index contributed by atoms with van der Waals surface area (Å²) in [5.74, 6) is -1.75. The van der Waals surface area contributed by atoms with Crippen LogP contribution in [-0.4, -0.2) is 42.3 Å². The first-order valence-electron chi connectivity index (χ1n) is 10.3. The first-order chi connectivity index (χ1) is 14.5. The van der Waals surface area contributed by atoms with Crippen molar-refractivity contribution >= 4 is 45.0 Å². The summed E-state index contributed by atoms with van der Waals surface area (Å²) in [5.41, 5.74) is 1.15. The molecule has 4 unspecified atom stereocenters. The highest BCUT2D eigenvalue weighted by atomic mass is 79.9. The Morgan fingerprint density at radius 3 is 2.63 bits per heavy atom. The number of likely N-dealkylation sites (N-methyl/N-ethyl adjacent to an activating group) is 1. The molecule has 7 heteroatoms. The molecule has 2 aromatic carbocycles.